The van der Waals surface area contributed by atoms with Gasteiger partial charge in [0.25, 0.3) is 0 Å². The molecule has 0 fully saturated rings. The molecule has 0 saturated heterocycles. The first-order valence-corrected chi connectivity index (χ1v) is 4.92. The fraction of sp³-hybridized carbons (Fsp3) is 0.273. The molecule has 0 radical (unpaired) electrons. The summed E-state index contributed by atoms with van der Waals surface area (Å²) in [4.78, 5) is 7.49. The number of amidine groups is 1. The van der Waals surface area contributed by atoms with E-state index in [2.05, 4.69) is 9.98 Å². The van der Waals surface area contributed by atoms with Gasteiger partial charge in [0.2, 0.25) is 5.67 Å². The third-order valence-electron chi connectivity index (χ3n) is 2.49. The molecular weight excluding hydrogens is 207 g/mol. The number of hydrogen-bond acceptors (Lipinski definition) is 4. The van der Waals surface area contributed by atoms with Crippen molar-refractivity contribution < 1.29 is 4.39 Å². The Labute approximate surface area is 92.9 Å². The molecule has 4 nitrogen and oxygen atoms in total. The third-order valence-corrected chi connectivity index (χ3v) is 2.49. The number of aryl methyl sites for hydroxylation is 1. The molecule has 4 N–H and O–H groups in total. The van der Waals surface area contributed by atoms with E-state index in [9.17, 15) is 4.39 Å². The van der Waals surface area contributed by atoms with Crippen molar-refractivity contribution >= 4 is 12.1 Å². The van der Waals surface area contributed by atoms with Crippen molar-refractivity contribution in [3.63, 3.8) is 0 Å². The van der Waals surface area contributed by atoms with Crippen molar-refractivity contribution in [3.8, 4) is 0 Å². The molecule has 2 unspecified atom stereocenters. The largest absolute Gasteiger partial charge is 0.384 e. The number of alkyl halides is 1. The lowest BCUT2D eigenvalue weighted by Gasteiger charge is -2.25. The Morgan fingerprint density at radius 1 is 1.44 bits per heavy atom. The van der Waals surface area contributed by atoms with Crippen LogP contribution >= 0.6 is 0 Å². The zero-order valence-electron chi connectivity index (χ0n) is 8.89. The Morgan fingerprint density at radius 2 is 2.19 bits per heavy atom. The number of aliphatic imine (C=N–C) groups is 2. The average Bonchev–Trinajstić information content (AvgIpc) is 2.24. The number of halogens is 1. The summed E-state index contributed by atoms with van der Waals surface area (Å²) < 4.78 is 14.6. The van der Waals surface area contributed by atoms with E-state index in [4.69, 9.17) is 11.5 Å². The first-order valence-electron chi connectivity index (χ1n) is 4.92. The highest BCUT2D eigenvalue weighted by Crippen LogP contribution is 2.27. The smallest absolute Gasteiger partial charge is 0.226 e. The summed E-state index contributed by atoms with van der Waals surface area (Å²) >= 11 is 0. The predicted molar refractivity (Wildman–Crippen MR) is 62.1 cm³/mol. The molecule has 16 heavy (non-hydrogen) atoms. The second-order valence-corrected chi connectivity index (χ2v) is 3.79. The van der Waals surface area contributed by atoms with Gasteiger partial charge in [0, 0.05) is 5.56 Å². The minimum absolute atomic E-state index is 0.152. The minimum atomic E-state index is -1.94. The Bertz CT molecular complexity index is 469. The lowest BCUT2D eigenvalue weighted by Crippen LogP contribution is -2.44. The molecule has 84 valence electrons. The molecule has 2 rings (SSSR count). The van der Waals surface area contributed by atoms with Crippen LogP contribution < -0.4 is 11.5 Å². The highest BCUT2D eigenvalue weighted by Gasteiger charge is 2.37. The molecule has 1 aromatic rings. The molecule has 0 bridgehead atoms. The second kappa shape index (κ2) is 3.68. The van der Waals surface area contributed by atoms with Crippen LogP contribution in [0.4, 0.5) is 4.39 Å². The summed E-state index contributed by atoms with van der Waals surface area (Å²) in [5.41, 5.74) is 10.4. The first-order chi connectivity index (χ1) is 7.52. The Balaban J connectivity index is 2.47. The van der Waals surface area contributed by atoms with Gasteiger partial charge in [0.15, 0.2) is 6.29 Å². The van der Waals surface area contributed by atoms with Gasteiger partial charge >= 0.3 is 0 Å². The van der Waals surface area contributed by atoms with Gasteiger partial charge in [-0.05, 0) is 6.92 Å². The summed E-state index contributed by atoms with van der Waals surface area (Å²) in [7, 11) is 0. The summed E-state index contributed by atoms with van der Waals surface area (Å²) in [5, 5.41) is 0. The summed E-state index contributed by atoms with van der Waals surface area (Å²) in [6, 6.07) is 7.01. The van der Waals surface area contributed by atoms with Gasteiger partial charge in [-0.2, -0.15) is 0 Å². The van der Waals surface area contributed by atoms with E-state index in [1.165, 1.54) is 0 Å². The molecule has 1 aliphatic heterocycles. The summed E-state index contributed by atoms with van der Waals surface area (Å²) in [5.74, 6) is -0.152. The lowest BCUT2D eigenvalue weighted by atomic mass is 9.94. The van der Waals surface area contributed by atoms with Crippen molar-refractivity contribution in [2.24, 2.45) is 21.5 Å². The van der Waals surface area contributed by atoms with E-state index in [0.717, 1.165) is 11.8 Å². The van der Waals surface area contributed by atoms with E-state index in [1.54, 1.807) is 18.2 Å². The van der Waals surface area contributed by atoms with Crippen molar-refractivity contribution in [1.29, 1.82) is 0 Å². The molecule has 5 heteroatoms. The van der Waals surface area contributed by atoms with Gasteiger partial charge in [-0.3, -0.25) is 10.7 Å². The van der Waals surface area contributed by atoms with Crippen molar-refractivity contribution in [2.45, 2.75) is 18.9 Å². The van der Waals surface area contributed by atoms with Crippen LogP contribution in [-0.4, -0.2) is 18.3 Å². The quantitative estimate of drug-likeness (QED) is 0.735. The molecule has 1 heterocycles. The number of hydrogen-bond donors (Lipinski definition) is 2. The van der Waals surface area contributed by atoms with Gasteiger partial charge in [0.05, 0.1) is 6.21 Å². The van der Waals surface area contributed by atoms with Crippen LogP contribution in [0.25, 0.3) is 0 Å². The predicted octanol–water partition coefficient (Wildman–Crippen LogP) is 0.844. The van der Waals surface area contributed by atoms with E-state index < -0.39 is 12.0 Å². The van der Waals surface area contributed by atoms with E-state index in [0.29, 0.717) is 5.56 Å². The Morgan fingerprint density at radius 3 is 2.81 bits per heavy atom. The fourth-order valence-electron chi connectivity index (χ4n) is 1.61. The van der Waals surface area contributed by atoms with E-state index in [1.807, 2.05) is 13.0 Å². The molecule has 0 saturated carbocycles. The lowest BCUT2D eigenvalue weighted by molar-refractivity contribution is 0.356. The molecule has 1 aliphatic rings. The van der Waals surface area contributed by atoms with Gasteiger partial charge in [-0.1, -0.05) is 29.8 Å². The molecule has 0 aromatic heterocycles. The number of nitrogens with two attached hydrogens (primary N) is 2. The van der Waals surface area contributed by atoms with Crippen molar-refractivity contribution in [2.75, 3.05) is 0 Å². The van der Waals surface area contributed by atoms with Crippen LogP contribution in [0.5, 0.6) is 0 Å². The maximum absolute atomic E-state index is 14.6. The van der Waals surface area contributed by atoms with Crippen molar-refractivity contribution in [3.05, 3.63) is 35.4 Å². The maximum atomic E-state index is 14.6. The van der Waals surface area contributed by atoms with E-state index >= 15 is 0 Å². The van der Waals surface area contributed by atoms with Crippen molar-refractivity contribution in [1.82, 2.24) is 0 Å². The Hall–Kier alpha value is -1.75. The molecule has 1 aromatic carbocycles. The van der Waals surface area contributed by atoms with Crippen LogP contribution in [0.15, 0.2) is 34.3 Å². The molecule has 0 spiro atoms. The van der Waals surface area contributed by atoms with Gasteiger partial charge in [-0.25, -0.2) is 9.38 Å². The second-order valence-electron chi connectivity index (χ2n) is 3.79. The van der Waals surface area contributed by atoms with Gasteiger partial charge in [-0.15, -0.1) is 0 Å². The zero-order valence-corrected chi connectivity index (χ0v) is 8.89. The normalized spacial score (nSPS) is 28.9. The van der Waals surface area contributed by atoms with Gasteiger partial charge < -0.3 is 5.73 Å². The zero-order chi connectivity index (χ0) is 11.8. The average molecular weight is 220 g/mol. The Kier molecular flexibility index (Phi) is 2.47. The van der Waals surface area contributed by atoms with E-state index in [-0.39, 0.29) is 5.84 Å². The van der Waals surface area contributed by atoms with Crippen LogP contribution in [-0.2, 0) is 5.67 Å². The number of benzene rings is 1. The highest BCUT2D eigenvalue weighted by molar-refractivity contribution is 6.06. The molecule has 0 amide bonds. The van der Waals surface area contributed by atoms with Crippen LogP contribution in [0.1, 0.15) is 11.1 Å². The fourth-order valence-corrected chi connectivity index (χ4v) is 1.61. The monoisotopic (exact) mass is 220 g/mol. The maximum Gasteiger partial charge on any atom is 0.226 e. The summed E-state index contributed by atoms with van der Waals surface area (Å²) in [6.07, 6.45) is 0.322. The van der Waals surface area contributed by atoms with Crippen LogP contribution in [0.3, 0.4) is 0 Å². The molecular formula is C11H13FN4. The minimum Gasteiger partial charge on any atom is -0.384 e. The standard InChI is InChI=1S/C11H13FN4/c1-7-3-2-4-8(5-7)11(12)6-15-10(14)16-9(11)13/h2-6,10H,14H2,1H3,(H2,13,16). The third kappa shape index (κ3) is 1.69. The first kappa shape index (κ1) is 10.8. The summed E-state index contributed by atoms with van der Waals surface area (Å²) in [6.45, 7) is 1.88. The molecule has 2 atom stereocenters. The number of rotatable bonds is 1. The van der Waals surface area contributed by atoms with Crippen LogP contribution in [0, 0.1) is 6.92 Å². The highest BCUT2D eigenvalue weighted by atomic mass is 19.1. The molecule has 0 aliphatic carbocycles. The SMILES string of the molecule is Cc1cccc(C2(F)C=NC(N)N=C2N)c1. The number of nitrogens with zero attached hydrogens (tertiary/aromatic N) is 2. The topological polar surface area (TPSA) is 76.8 Å². The van der Waals surface area contributed by atoms with Gasteiger partial charge in [0.1, 0.15) is 5.84 Å². The van der Waals surface area contributed by atoms with Crippen LogP contribution in [0.2, 0.25) is 0 Å².